The average molecular weight is 354 g/mol. The van der Waals surface area contributed by atoms with Crippen LogP contribution in [0.4, 0.5) is 0 Å². The highest BCUT2D eigenvalue weighted by molar-refractivity contribution is 6.35. The number of hydrogen-bond donors (Lipinski definition) is 0. The van der Waals surface area contributed by atoms with Crippen molar-refractivity contribution in [3.63, 3.8) is 0 Å². The summed E-state index contributed by atoms with van der Waals surface area (Å²) >= 11 is 12.6. The van der Waals surface area contributed by atoms with Crippen LogP contribution in [0.2, 0.25) is 5.02 Å². The lowest BCUT2D eigenvalue weighted by Gasteiger charge is -2.14. The van der Waals surface area contributed by atoms with Crippen molar-refractivity contribution < 1.29 is 0 Å². The maximum Gasteiger partial charge on any atom is 0.0895 e. The molecule has 1 unspecified atom stereocenters. The fraction of sp³-hybridized carbons (Fsp3) is 0.176. The van der Waals surface area contributed by atoms with Crippen molar-refractivity contribution in [1.82, 2.24) is 9.97 Å². The van der Waals surface area contributed by atoms with Gasteiger partial charge in [0.05, 0.1) is 21.6 Å². The summed E-state index contributed by atoms with van der Waals surface area (Å²) in [6.07, 6.45) is 1.77. The molecule has 0 N–H and O–H groups in total. The molecular weight excluding hydrogens is 339 g/mol. The molecule has 0 spiro atoms. The summed E-state index contributed by atoms with van der Waals surface area (Å²) in [7, 11) is 0. The summed E-state index contributed by atoms with van der Waals surface area (Å²) in [6, 6.07) is 11.7. The summed E-state index contributed by atoms with van der Waals surface area (Å²) in [6.45, 7) is 3.92. The highest BCUT2D eigenvalue weighted by Crippen LogP contribution is 2.35. The molecular formula is C17H15Cl3N2. The van der Waals surface area contributed by atoms with Crippen LogP contribution in [0.25, 0.3) is 22.2 Å². The van der Waals surface area contributed by atoms with Crippen molar-refractivity contribution in [2.75, 3.05) is 0 Å². The number of nitrogens with zero attached hydrogens (tertiary/aromatic N) is 2. The number of pyridine rings is 2. The Morgan fingerprint density at radius 1 is 1.14 bits per heavy atom. The minimum absolute atomic E-state index is 0. The fourth-order valence-corrected chi connectivity index (χ4v) is 2.82. The molecule has 0 saturated heterocycles. The molecule has 5 heteroatoms. The number of hydrogen-bond acceptors (Lipinski definition) is 2. The Balaban J connectivity index is 0.00000176. The van der Waals surface area contributed by atoms with E-state index in [1.165, 1.54) is 0 Å². The number of rotatable bonds is 2. The van der Waals surface area contributed by atoms with E-state index in [2.05, 4.69) is 11.1 Å². The Hall–Kier alpha value is -1.35. The molecule has 2 nitrogen and oxygen atoms in total. The van der Waals surface area contributed by atoms with E-state index in [1.54, 1.807) is 6.20 Å². The van der Waals surface area contributed by atoms with Crippen LogP contribution >= 0.6 is 35.6 Å². The van der Waals surface area contributed by atoms with Crippen LogP contribution in [-0.4, -0.2) is 9.97 Å². The summed E-state index contributed by atoms with van der Waals surface area (Å²) < 4.78 is 0. The van der Waals surface area contributed by atoms with Gasteiger partial charge in [0.15, 0.2) is 0 Å². The van der Waals surface area contributed by atoms with Gasteiger partial charge in [-0.2, -0.15) is 0 Å². The van der Waals surface area contributed by atoms with E-state index in [9.17, 15) is 0 Å². The Labute approximate surface area is 145 Å². The molecule has 2 heterocycles. The fourth-order valence-electron chi connectivity index (χ4n) is 2.43. The molecule has 0 aliphatic rings. The molecule has 0 aliphatic heterocycles. The molecule has 3 aromatic rings. The molecule has 0 fully saturated rings. The van der Waals surface area contributed by atoms with Gasteiger partial charge in [0.2, 0.25) is 0 Å². The van der Waals surface area contributed by atoms with Crippen LogP contribution in [0, 0.1) is 6.92 Å². The second kappa shape index (κ2) is 6.82. The van der Waals surface area contributed by atoms with Crippen LogP contribution in [0.3, 0.4) is 0 Å². The first-order valence-corrected chi connectivity index (χ1v) is 7.54. The van der Waals surface area contributed by atoms with Gasteiger partial charge in [0.25, 0.3) is 0 Å². The van der Waals surface area contributed by atoms with Crippen LogP contribution in [-0.2, 0) is 0 Å². The monoisotopic (exact) mass is 352 g/mol. The van der Waals surface area contributed by atoms with E-state index in [1.807, 2.05) is 44.2 Å². The first-order chi connectivity index (χ1) is 10.1. The molecule has 0 bridgehead atoms. The van der Waals surface area contributed by atoms with Gasteiger partial charge in [-0.15, -0.1) is 24.0 Å². The molecule has 3 rings (SSSR count). The first kappa shape index (κ1) is 17.0. The number of benzene rings is 1. The maximum absolute atomic E-state index is 6.36. The van der Waals surface area contributed by atoms with E-state index in [0.29, 0.717) is 5.02 Å². The van der Waals surface area contributed by atoms with E-state index in [-0.39, 0.29) is 17.8 Å². The van der Waals surface area contributed by atoms with Crippen LogP contribution in [0.1, 0.15) is 23.6 Å². The number of halogens is 3. The number of aryl methyl sites for hydroxylation is 1. The Bertz CT molecular complexity index is 816. The van der Waals surface area contributed by atoms with Crippen LogP contribution in [0.15, 0.2) is 42.6 Å². The van der Waals surface area contributed by atoms with Gasteiger partial charge < -0.3 is 0 Å². The van der Waals surface area contributed by atoms with Crippen molar-refractivity contribution in [2.24, 2.45) is 0 Å². The summed E-state index contributed by atoms with van der Waals surface area (Å²) in [5.41, 5.74) is 4.54. The zero-order chi connectivity index (χ0) is 15.0. The van der Waals surface area contributed by atoms with Gasteiger partial charge in [0.1, 0.15) is 0 Å². The molecule has 114 valence electrons. The lowest BCUT2D eigenvalue weighted by Crippen LogP contribution is -1.98. The lowest BCUT2D eigenvalue weighted by atomic mass is 10.0. The molecule has 0 saturated carbocycles. The van der Waals surface area contributed by atoms with E-state index >= 15 is 0 Å². The van der Waals surface area contributed by atoms with Crippen molar-refractivity contribution in [3.05, 3.63) is 58.9 Å². The first-order valence-electron chi connectivity index (χ1n) is 6.73. The van der Waals surface area contributed by atoms with Crippen molar-refractivity contribution in [3.8, 4) is 11.3 Å². The molecule has 22 heavy (non-hydrogen) atoms. The summed E-state index contributed by atoms with van der Waals surface area (Å²) in [5, 5.41) is 1.50. The van der Waals surface area contributed by atoms with Crippen LogP contribution < -0.4 is 0 Å². The molecule has 1 atom stereocenters. The molecule has 0 amide bonds. The number of alkyl halides is 1. The standard InChI is InChI=1S/C17H14Cl2N2.ClH/c1-10(18)14-9-12-5-3-7-15(19)16(12)21-17(14)13-6-4-8-20-11(13)2;/h3-10H,1-2H3;1H. The van der Waals surface area contributed by atoms with Gasteiger partial charge in [-0.25, -0.2) is 4.98 Å². The van der Waals surface area contributed by atoms with Gasteiger partial charge in [-0.05, 0) is 43.7 Å². The zero-order valence-electron chi connectivity index (χ0n) is 12.2. The zero-order valence-corrected chi connectivity index (χ0v) is 14.5. The Morgan fingerprint density at radius 3 is 2.59 bits per heavy atom. The third kappa shape index (κ3) is 3.05. The van der Waals surface area contributed by atoms with Gasteiger partial charge in [0, 0.05) is 22.8 Å². The predicted octanol–water partition coefficient (Wildman–Crippen LogP) is 5.98. The number of fused-ring (bicyclic) bond motifs is 1. The van der Waals surface area contributed by atoms with Crippen molar-refractivity contribution in [2.45, 2.75) is 19.2 Å². The summed E-state index contributed by atoms with van der Waals surface area (Å²) in [5.74, 6) is 0. The highest BCUT2D eigenvalue weighted by Gasteiger charge is 2.16. The van der Waals surface area contributed by atoms with Gasteiger partial charge in [-0.3, -0.25) is 4.98 Å². The van der Waals surface area contributed by atoms with Crippen molar-refractivity contribution >= 4 is 46.5 Å². The largest absolute Gasteiger partial charge is 0.261 e. The van der Waals surface area contributed by atoms with Gasteiger partial charge in [-0.1, -0.05) is 23.7 Å². The third-order valence-electron chi connectivity index (χ3n) is 3.52. The predicted molar refractivity (Wildman–Crippen MR) is 96.2 cm³/mol. The van der Waals surface area contributed by atoms with Gasteiger partial charge >= 0.3 is 0 Å². The topological polar surface area (TPSA) is 25.8 Å². The second-order valence-electron chi connectivity index (χ2n) is 4.99. The Morgan fingerprint density at radius 2 is 1.91 bits per heavy atom. The number of para-hydroxylation sites is 1. The third-order valence-corrected chi connectivity index (χ3v) is 4.06. The molecule has 2 aromatic heterocycles. The minimum atomic E-state index is -0.143. The molecule has 1 aromatic carbocycles. The van der Waals surface area contributed by atoms with Crippen molar-refractivity contribution in [1.29, 1.82) is 0 Å². The quantitative estimate of drug-likeness (QED) is 0.530. The average Bonchev–Trinajstić information content (AvgIpc) is 2.47. The lowest BCUT2D eigenvalue weighted by molar-refractivity contribution is 1.07. The molecule has 0 radical (unpaired) electrons. The summed E-state index contributed by atoms with van der Waals surface area (Å²) in [4.78, 5) is 9.11. The van der Waals surface area contributed by atoms with Crippen LogP contribution in [0.5, 0.6) is 0 Å². The Kier molecular flexibility index (Phi) is 5.28. The normalized spacial score (nSPS) is 12.0. The minimum Gasteiger partial charge on any atom is -0.261 e. The smallest absolute Gasteiger partial charge is 0.0895 e. The SMILES string of the molecule is Cc1ncccc1-c1nc2c(Cl)cccc2cc1C(C)Cl.Cl. The van der Waals surface area contributed by atoms with E-state index < -0.39 is 0 Å². The second-order valence-corrected chi connectivity index (χ2v) is 6.05. The highest BCUT2D eigenvalue weighted by atomic mass is 35.5. The van der Waals surface area contributed by atoms with E-state index in [0.717, 1.165) is 33.4 Å². The molecule has 0 aliphatic carbocycles. The van der Waals surface area contributed by atoms with E-state index in [4.69, 9.17) is 28.2 Å². The number of aromatic nitrogens is 2. The maximum atomic E-state index is 6.36.